The molecule has 0 radical (unpaired) electrons. The van der Waals surface area contributed by atoms with Crippen LogP contribution in [0.25, 0.3) is 11.1 Å². The number of hydrogen-bond donors (Lipinski definition) is 1. The topological polar surface area (TPSA) is 61.5 Å². The molecular formula is C16H17NO3. The molecular weight excluding hydrogens is 254 g/mol. The standard InChI is InChI=1S/C16H17NO3/c1-10-4-5-11(16(18)20-3)8-13(10)14-9-12(19-2)6-7-15(14)17/h4-9H,17H2,1-3H3. The molecule has 2 aromatic carbocycles. The summed E-state index contributed by atoms with van der Waals surface area (Å²) < 4.78 is 9.97. The van der Waals surface area contributed by atoms with Crippen LogP contribution < -0.4 is 10.5 Å². The van der Waals surface area contributed by atoms with Gasteiger partial charge in [0.15, 0.2) is 0 Å². The number of nitrogen functional groups attached to an aromatic ring is 1. The van der Waals surface area contributed by atoms with Crippen molar-refractivity contribution in [3.8, 4) is 16.9 Å². The molecule has 4 heteroatoms. The largest absolute Gasteiger partial charge is 0.497 e. The molecule has 2 aromatic rings. The van der Waals surface area contributed by atoms with E-state index in [0.717, 1.165) is 22.4 Å². The van der Waals surface area contributed by atoms with E-state index in [0.29, 0.717) is 11.3 Å². The van der Waals surface area contributed by atoms with Gasteiger partial charge in [0.1, 0.15) is 5.75 Å². The SMILES string of the molecule is COC(=O)c1ccc(C)c(-c2cc(OC)ccc2N)c1. The van der Waals surface area contributed by atoms with Crippen molar-refractivity contribution in [1.82, 2.24) is 0 Å². The monoisotopic (exact) mass is 271 g/mol. The highest BCUT2D eigenvalue weighted by molar-refractivity contribution is 5.92. The van der Waals surface area contributed by atoms with Crippen LogP contribution in [0.2, 0.25) is 0 Å². The van der Waals surface area contributed by atoms with Gasteiger partial charge < -0.3 is 15.2 Å². The molecule has 0 heterocycles. The van der Waals surface area contributed by atoms with E-state index in [4.69, 9.17) is 15.2 Å². The summed E-state index contributed by atoms with van der Waals surface area (Å²) in [6.45, 7) is 1.97. The van der Waals surface area contributed by atoms with Crippen molar-refractivity contribution < 1.29 is 14.3 Å². The van der Waals surface area contributed by atoms with Gasteiger partial charge in [-0.2, -0.15) is 0 Å². The molecule has 0 aliphatic rings. The van der Waals surface area contributed by atoms with E-state index in [2.05, 4.69) is 0 Å². The van der Waals surface area contributed by atoms with Gasteiger partial charge in [0, 0.05) is 11.3 Å². The molecule has 2 N–H and O–H groups in total. The Bertz CT molecular complexity index is 650. The number of ether oxygens (including phenoxy) is 2. The van der Waals surface area contributed by atoms with Gasteiger partial charge >= 0.3 is 5.97 Å². The van der Waals surface area contributed by atoms with Gasteiger partial charge in [-0.05, 0) is 48.4 Å². The first-order chi connectivity index (χ1) is 9.56. The number of benzene rings is 2. The van der Waals surface area contributed by atoms with Crippen LogP contribution in [0.5, 0.6) is 5.75 Å². The van der Waals surface area contributed by atoms with Gasteiger partial charge in [-0.3, -0.25) is 0 Å². The van der Waals surface area contributed by atoms with Crippen LogP contribution in [-0.4, -0.2) is 20.2 Å². The zero-order valence-corrected chi connectivity index (χ0v) is 11.8. The van der Waals surface area contributed by atoms with Gasteiger partial charge in [0.2, 0.25) is 0 Å². The molecule has 0 aromatic heterocycles. The molecule has 0 aliphatic carbocycles. The molecule has 0 unspecified atom stereocenters. The summed E-state index contributed by atoms with van der Waals surface area (Å²) in [5.41, 5.74) is 9.92. The number of nitrogens with two attached hydrogens (primary N) is 1. The smallest absolute Gasteiger partial charge is 0.337 e. The van der Waals surface area contributed by atoms with Crippen LogP contribution in [0.15, 0.2) is 36.4 Å². The third-order valence-corrected chi connectivity index (χ3v) is 3.21. The zero-order chi connectivity index (χ0) is 14.7. The number of rotatable bonds is 3. The number of methoxy groups -OCH3 is 2. The first-order valence-electron chi connectivity index (χ1n) is 6.19. The number of anilines is 1. The fourth-order valence-electron chi connectivity index (χ4n) is 2.05. The average molecular weight is 271 g/mol. The fraction of sp³-hybridized carbons (Fsp3) is 0.188. The number of carbonyl (C=O) groups excluding carboxylic acids is 1. The summed E-state index contributed by atoms with van der Waals surface area (Å²) in [6, 6.07) is 10.9. The van der Waals surface area contributed by atoms with Crippen LogP contribution in [0.4, 0.5) is 5.69 Å². The minimum Gasteiger partial charge on any atom is -0.497 e. The third-order valence-electron chi connectivity index (χ3n) is 3.21. The van der Waals surface area contributed by atoms with Crippen molar-refractivity contribution in [1.29, 1.82) is 0 Å². The van der Waals surface area contributed by atoms with Crippen molar-refractivity contribution in [3.63, 3.8) is 0 Å². The highest BCUT2D eigenvalue weighted by atomic mass is 16.5. The summed E-state index contributed by atoms with van der Waals surface area (Å²) in [7, 11) is 2.97. The van der Waals surface area contributed by atoms with E-state index in [1.54, 1.807) is 31.4 Å². The van der Waals surface area contributed by atoms with Crippen molar-refractivity contribution in [2.75, 3.05) is 20.0 Å². The fourth-order valence-corrected chi connectivity index (χ4v) is 2.05. The van der Waals surface area contributed by atoms with Crippen LogP contribution >= 0.6 is 0 Å². The predicted molar refractivity (Wildman–Crippen MR) is 78.9 cm³/mol. The third kappa shape index (κ3) is 2.59. The van der Waals surface area contributed by atoms with E-state index in [-0.39, 0.29) is 5.97 Å². The Morgan fingerprint density at radius 3 is 2.45 bits per heavy atom. The lowest BCUT2D eigenvalue weighted by Gasteiger charge is -2.12. The molecule has 0 saturated carbocycles. The second-order valence-corrected chi connectivity index (χ2v) is 4.47. The summed E-state index contributed by atoms with van der Waals surface area (Å²) in [5.74, 6) is 0.352. The molecule has 0 spiro atoms. The molecule has 4 nitrogen and oxygen atoms in total. The maximum atomic E-state index is 11.6. The lowest BCUT2D eigenvalue weighted by atomic mass is 9.96. The maximum Gasteiger partial charge on any atom is 0.337 e. The van der Waals surface area contributed by atoms with Gasteiger partial charge in [0.05, 0.1) is 19.8 Å². The summed E-state index contributed by atoms with van der Waals surface area (Å²) in [4.78, 5) is 11.6. The molecule has 0 saturated heterocycles. The quantitative estimate of drug-likeness (QED) is 0.688. The maximum absolute atomic E-state index is 11.6. The zero-order valence-electron chi connectivity index (χ0n) is 11.8. The lowest BCUT2D eigenvalue weighted by molar-refractivity contribution is 0.0601. The van der Waals surface area contributed by atoms with Crippen molar-refractivity contribution in [2.45, 2.75) is 6.92 Å². The molecule has 0 atom stereocenters. The van der Waals surface area contributed by atoms with Crippen molar-refractivity contribution in [2.24, 2.45) is 0 Å². The molecule has 0 aliphatic heterocycles. The second-order valence-electron chi connectivity index (χ2n) is 4.47. The van der Waals surface area contributed by atoms with E-state index in [1.807, 2.05) is 19.1 Å². The molecule has 0 bridgehead atoms. The Balaban J connectivity index is 2.59. The first kappa shape index (κ1) is 13.9. The Hall–Kier alpha value is -2.49. The van der Waals surface area contributed by atoms with E-state index in [9.17, 15) is 4.79 Å². The molecule has 0 amide bonds. The van der Waals surface area contributed by atoms with Gasteiger partial charge in [-0.15, -0.1) is 0 Å². The van der Waals surface area contributed by atoms with Crippen LogP contribution in [0, 0.1) is 6.92 Å². The van der Waals surface area contributed by atoms with Crippen molar-refractivity contribution >= 4 is 11.7 Å². The Morgan fingerprint density at radius 1 is 1.05 bits per heavy atom. The Kier molecular flexibility index (Phi) is 3.94. The molecule has 2 rings (SSSR count). The van der Waals surface area contributed by atoms with Crippen LogP contribution in [0.1, 0.15) is 15.9 Å². The predicted octanol–water partition coefficient (Wildman–Crippen LogP) is 3.04. The number of esters is 1. The number of hydrogen-bond acceptors (Lipinski definition) is 4. The van der Waals surface area contributed by atoms with E-state index < -0.39 is 0 Å². The summed E-state index contributed by atoms with van der Waals surface area (Å²) in [6.07, 6.45) is 0. The van der Waals surface area contributed by atoms with Gasteiger partial charge in [-0.1, -0.05) is 6.07 Å². The average Bonchev–Trinajstić information content (AvgIpc) is 2.48. The van der Waals surface area contributed by atoms with Crippen LogP contribution in [-0.2, 0) is 4.74 Å². The molecule has 20 heavy (non-hydrogen) atoms. The Morgan fingerprint density at radius 2 is 1.80 bits per heavy atom. The van der Waals surface area contributed by atoms with E-state index in [1.165, 1.54) is 7.11 Å². The van der Waals surface area contributed by atoms with E-state index >= 15 is 0 Å². The Labute approximate surface area is 118 Å². The summed E-state index contributed by atoms with van der Waals surface area (Å²) >= 11 is 0. The highest BCUT2D eigenvalue weighted by Gasteiger charge is 2.12. The first-order valence-corrected chi connectivity index (χ1v) is 6.19. The van der Waals surface area contributed by atoms with Crippen molar-refractivity contribution in [3.05, 3.63) is 47.5 Å². The van der Waals surface area contributed by atoms with Gasteiger partial charge in [-0.25, -0.2) is 4.79 Å². The number of aryl methyl sites for hydroxylation is 1. The highest BCUT2D eigenvalue weighted by Crippen LogP contribution is 2.32. The minimum atomic E-state index is -0.368. The molecule has 104 valence electrons. The van der Waals surface area contributed by atoms with Crippen LogP contribution in [0.3, 0.4) is 0 Å². The lowest BCUT2D eigenvalue weighted by Crippen LogP contribution is -2.02. The molecule has 0 fully saturated rings. The minimum absolute atomic E-state index is 0.368. The normalized spacial score (nSPS) is 10.2. The summed E-state index contributed by atoms with van der Waals surface area (Å²) in [5, 5.41) is 0. The number of carbonyl (C=O) groups is 1. The van der Waals surface area contributed by atoms with Gasteiger partial charge in [0.25, 0.3) is 0 Å². The second kappa shape index (κ2) is 5.65.